The lowest BCUT2D eigenvalue weighted by atomic mass is 10.2. The number of hydrogen-bond donors (Lipinski definition) is 3. The Morgan fingerprint density at radius 3 is 2.63 bits per heavy atom. The highest BCUT2D eigenvalue weighted by Gasteiger charge is 2.10. The van der Waals surface area contributed by atoms with Crippen molar-refractivity contribution < 1.29 is 9.84 Å². The Labute approximate surface area is 158 Å². The Hall–Kier alpha value is -3.19. The van der Waals surface area contributed by atoms with Gasteiger partial charge in [-0.05, 0) is 25.1 Å². The van der Waals surface area contributed by atoms with Crippen molar-refractivity contribution in [2.75, 3.05) is 24.4 Å². The van der Waals surface area contributed by atoms with E-state index >= 15 is 0 Å². The van der Waals surface area contributed by atoms with E-state index in [0.29, 0.717) is 18.3 Å². The maximum absolute atomic E-state index is 9.31. The van der Waals surface area contributed by atoms with Gasteiger partial charge in [0, 0.05) is 42.2 Å². The Balaban J connectivity index is 1.87. The van der Waals surface area contributed by atoms with E-state index in [4.69, 9.17) is 4.74 Å². The first kappa shape index (κ1) is 18.6. The predicted molar refractivity (Wildman–Crippen MR) is 106 cm³/mol. The molecule has 0 unspecified atom stereocenters. The van der Waals surface area contributed by atoms with Crippen molar-refractivity contribution in [2.24, 2.45) is 0 Å². The Kier molecular flexibility index (Phi) is 6.17. The molecule has 0 amide bonds. The highest BCUT2D eigenvalue weighted by molar-refractivity contribution is 5.64. The minimum absolute atomic E-state index is 0.00712. The molecule has 3 aromatic rings. The van der Waals surface area contributed by atoms with Crippen LogP contribution in [0.5, 0.6) is 5.75 Å². The van der Waals surface area contributed by atoms with Crippen LogP contribution >= 0.6 is 0 Å². The number of aromatic nitrogens is 3. The van der Waals surface area contributed by atoms with Gasteiger partial charge in [0.2, 0.25) is 5.95 Å². The van der Waals surface area contributed by atoms with Crippen molar-refractivity contribution in [1.29, 1.82) is 0 Å². The second-order valence-electron chi connectivity index (χ2n) is 6.09. The van der Waals surface area contributed by atoms with Gasteiger partial charge in [-0.15, -0.1) is 0 Å². The standard InChI is InChI=1S/C20H23N5O2/c1-14(13-26)23-20-24-17(15-7-9-21-10-8-15)11-19(25-20)22-12-16-5-3-4-6-18(16)27-2/h3-11,14,26H,12-13H2,1-2H3,(H2,22,23,24,25)/t14-/m0/s1. The molecule has 0 saturated carbocycles. The molecule has 0 radical (unpaired) electrons. The molecule has 0 aliphatic heterocycles. The first-order chi connectivity index (χ1) is 13.2. The molecule has 27 heavy (non-hydrogen) atoms. The van der Waals surface area contributed by atoms with Crippen LogP contribution in [0.3, 0.4) is 0 Å². The van der Waals surface area contributed by atoms with Gasteiger partial charge in [-0.2, -0.15) is 4.98 Å². The Bertz CT molecular complexity index is 873. The smallest absolute Gasteiger partial charge is 0.225 e. The number of aliphatic hydroxyl groups excluding tert-OH is 1. The molecule has 0 fully saturated rings. The second kappa shape index (κ2) is 8.95. The number of methoxy groups -OCH3 is 1. The molecule has 7 nitrogen and oxygen atoms in total. The third-order valence-corrected chi connectivity index (χ3v) is 4.00. The molecule has 0 spiro atoms. The van der Waals surface area contributed by atoms with Gasteiger partial charge in [0.15, 0.2) is 0 Å². The summed E-state index contributed by atoms with van der Waals surface area (Å²) in [4.78, 5) is 13.1. The number of anilines is 2. The zero-order chi connectivity index (χ0) is 19.1. The molecular formula is C20H23N5O2. The molecule has 0 saturated heterocycles. The molecule has 0 aliphatic rings. The van der Waals surface area contributed by atoms with Crippen molar-refractivity contribution in [1.82, 2.24) is 15.0 Å². The van der Waals surface area contributed by atoms with Crippen LogP contribution in [0.4, 0.5) is 11.8 Å². The summed E-state index contributed by atoms with van der Waals surface area (Å²) in [5.41, 5.74) is 2.73. The van der Waals surface area contributed by atoms with Gasteiger partial charge >= 0.3 is 0 Å². The van der Waals surface area contributed by atoms with Crippen molar-refractivity contribution in [3.05, 3.63) is 60.4 Å². The van der Waals surface area contributed by atoms with Gasteiger partial charge in [0.05, 0.1) is 19.4 Å². The van der Waals surface area contributed by atoms with Gasteiger partial charge in [-0.25, -0.2) is 4.98 Å². The van der Waals surface area contributed by atoms with E-state index in [9.17, 15) is 5.11 Å². The van der Waals surface area contributed by atoms with Crippen molar-refractivity contribution in [3.8, 4) is 17.0 Å². The topological polar surface area (TPSA) is 92.2 Å². The van der Waals surface area contributed by atoms with E-state index in [0.717, 1.165) is 22.6 Å². The van der Waals surface area contributed by atoms with Crippen LogP contribution in [-0.2, 0) is 6.54 Å². The number of nitrogens with zero attached hydrogens (tertiary/aromatic N) is 3. The van der Waals surface area contributed by atoms with Gasteiger partial charge in [0.1, 0.15) is 11.6 Å². The van der Waals surface area contributed by atoms with Gasteiger partial charge in [-0.1, -0.05) is 18.2 Å². The van der Waals surface area contributed by atoms with Gasteiger partial charge in [-0.3, -0.25) is 4.98 Å². The first-order valence-corrected chi connectivity index (χ1v) is 8.72. The van der Waals surface area contributed by atoms with Crippen LogP contribution in [0.1, 0.15) is 12.5 Å². The molecule has 7 heteroatoms. The maximum Gasteiger partial charge on any atom is 0.225 e. The van der Waals surface area contributed by atoms with E-state index < -0.39 is 0 Å². The monoisotopic (exact) mass is 365 g/mol. The third kappa shape index (κ3) is 4.92. The lowest BCUT2D eigenvalue weighted by Gasteiger charge is -2.15. The summed E-state index contributed by atoms with van der Waals surface area (Å²) < 4.78 is 5.40. The predicted octanol–water partition coefficient (Wildman–Crippen LogP) is 2.95. The average Bonchev–Trinajstić information content (AvgIpc) is 2.72. The Morgan fingerprint density at radius 2 is 1.89 bits per heavy atom. The summed E-state index contributed by atoms with van der Waals surface area (Å²) >= 11 is 0. The van der Waals surface area contributed by atoms with Crippen LogP contribution in [-0.4, -0.2) is 39.8 Å². The normalized spacial score (nSPS) is 11.7. The molecule has 2 aromatic heterocycles. The maximum atomic E-state index is 9.31. The minimum Gasteiger partial charge on any atom is -0.496 e. The zero-order valence-corrected chi connectivity index (χ0v) is 15.4. The number of rotatable bonds is 8. The molecule has 3 N–H and O–H groups in total. The fourth-order valence-electron chi connectivity index (χ4n) is 2.57. The summed E-state index contributed by atoms with van der Waals surface area (Å²) in [6.45, 7) is 2.42. The summed E-state index contributed by atoms with van der Waals surface area (Å²) in [6, 6.07) is 13.4. The average molecular weight is 365 g/mol. The number of aliphatic hydroxyl groups is 1. The van der Waals surface area contributed by atoms with Crippen LogP contribution in [0, 0.1) is 0 Å². The fraction of sp³-hybridized carbons (Fsp3) is 0.250. The van der Waals surface area contributed by atoms with Crippen LogP contribution in [0.15, 0.2) is 54.9 Å². The fourth-order valence-corrected chi connectivity index (χ4v) is 2.57. The molecular weight excluding hydrogens is 342 g/mol. The molecule has 140 valence electrons. The molecule has 1 atom stereocenters. The van der Waals surface area contributed by atoms with E-state index in [1.54, 1.807) is 19.5 Å². The van der Waals surface area contributed by atoms with E-state index in [1.807, 2.05) is 49.4 Å². The Morgan fingerprint density at radius 1 is 1.11 bits per heavy atom. The number of benzene rings is 1. The number of pyridine rings is 1. The van der Waals surface area contributed by atoms with E-state index in [1.165, 1.54) is 0 Å². The van der Waals surface area contributed by atoms with Crippen molar-refractivity contribution in [3.63, 3.8) is 0 Å². The summed E-state index contributed by atoms with van der Waals surface area (Å²) in [6.07, 6.45) is 3.45. The summed E-state index contributed by atoms with van der Waals surface area (Å²) in [5.74, 6) is 1.95. The highest BCUT2D eigenvalue weighted by atomic mass is 16.5. The van der Waals surface area contributed by atoms with Gasteiger partial charge < -0.3 is 20.5 Å². The zero-order valence-electron chi connectivity index (χ0n) is 15.4. The molecule has 0 aliphatic carbocycles. The lowest BCUT2D eigenvalue weighted by Crippen LogP contribution is -2.21. The van der Waals surface area contributed by atoms with Crippen LogP contribution < -0.4 is 15.4 Å². The lowest BCUT2D eigenvalue weighted by molar-refractivity contribution is 0.281. The van der Waals surface area contributed by atoms with Crippen molar-refractivity contribution in [2.45, 2.75) is 19.5 Å². The number of para-hydroxylation sites is 1. The van der Waals surface area contributed by atoms with Crippen molar-refractivity contribution >= 4 is 11.8 Å². The number of hydrogen-bond acceptors (Lipinski definition) is 7. The summed E-state index contributed by atoms with van der Waals surface area (Å²) in [5, 5.41) is 15.7. The molecule has 2 heterocycles. The minimum atomic E-state index is -0.153. The number of nitrogens with one attached hydrogen (secondary N) is 2. The quantitative estimate of drug-likeness (QED) is 0.565. The number of ether oxygens (including phenoxy) is 1. The van der Waals surface area contributed by atoms with E-state index in [2.05, 4.69) is 25.6 Å². The van der Waals surface area contributed by atoms with Crippen LogP contribution in [0.2, 0.25) is 0 Å². The first-order valence-electron chi connectivity index (χ1n) is 8.72. The van der Waals surface area contributed by atoms with Crippen LogP contribution in [0.25, 0.3) is 11.3 Å². The molecule has 3 rings (SSSR count). The summed E-state index contributed by atoms with van der Waals surface area (Å²) in [7, 11) is 1.66. The molecule has 1 aromatic carbocycles. The second-order valence-corrected chi connectivity index (χ2v) is 6.09. The molecule has 0 bridgehead atoms. The highest BCUT2D eigenvalue weighted by Crippen LogP contribution is 2.23. The largest absolute Gasteiger partial charge is 0.496 e. The third-order valence-electron chi connectivity index (χ3n) is 4.00. The SMILES string of the molecule is COc1ccccc1CNc1cc(-c2ccncc2)nc(N[C@@H](C)CO)n1. The van der Waals surface area contributed by atoms with Gasteiger partial charge in [0.25, 0.3) is 0 Å². The van der Waals surface area contributed by atoms with E-state index in [-0.39, 0.29) is 12.6 Å².